The highest BCUT2D eigenvalue weighted by Crippen LogP contribution is 2.25. The molecule has 0 unspecified atom stereocenters. The molecule has 0 fully saturated rings. The fourth-order valence-electron chi connectivity index (χ4n) is 1.90. The highest BCUT2D eigenvalue weighted by atomic mass is 16.5. The molecule has 0 aliphatic rings. The summed E-state index contributed by atoms with van der Waals surface area (Å²) in [7, 11) is 0. The van der Waals surface area contributed by atoms with Gasteiger partial charge in [0.1, 0.15) is 5.75 Å². The predicted molar refractivity (Wildman–Crippen MR) is 75.3 cm³/mol. The van der Waals surface area contributed by atoms with E-state index in [1.165, 1.54) is 11.1 Å². The Morgan fingerprint density at radius 1 is 1.12 bits per heavy atom. The van der Waals surface area contributed by atoms with E-state index in [2.05, 4.69) is 51.1 Å². The number of hydrogen-bond donors (Lipinski definition) is 0. The van der Waals surface area contributed by atoms with Crippen molar-refractivity contribution in [3.63, 3.8) is 0 Å². The lowest BCUT2D eigenvalue weighted by Gasteiger charge is -2.14. The van der Waals surface area contributed by atoms with Crippen molar-refractivity contribution >= 4 is 5.57 Å². The van der Waals surface area contributed by atoms with Gasteiger partial charge in [-0.25, -0.2) is 0 Å². The van der Waals surface area contributed by atoms with Gasteiger partial charge in [0.15, 0.2) is 0 Å². The lowest BCUT2D eigenvalue weighted by Crippen LogP contribution is -2.05. The van der Waals surface area contributed by atoms with Crippen molar-refractivity contribution in [2.45, 2.75) is 47.1 Å². The van der Waals surface area contributed by atoms with Crippen LogP contribution in [-0.2, 0) is 0 Å². The molecule has 1 aromatic carbocycles. The molecule has 1 aromatic rings. The highest BCUT2D eigenvalue weighted by Gasteiger charge is 2.06. The maximum atomic E-state index is 5.65. The van der Waals surface area contributed by atoms with Gasteiger partial charge in [-0.3, -0.25) is 0 Å². The fourth-order valence-corrected chi connectivity index (χ4v) is 1.90. The molecular weight excluding hydrogens is 208 g/mol. The van der Waals surface area contributed by atoms with Crippen LogP contribution in [0.1, 0.15) is 46.6 Å². The molecule has 1 heteroatoms. The largest absolute Gasteiger partial charge is 0.491 e. The number of benzene rings is 1. The van der Waals surface area contributed by atoms with Crippen LogP contribution in [0.15, 0.2) is 30.3 Å². The number of hydrogen-bond acceptors (Lipinski definition) is 1. The van der Waals surface area contributed by atoms with Crippen molar-refractivity contribution in [3.05, 3.63) is 35.9 Å². The quantitative estimate of drug-likeness (QED) is 0.700. The summed E-state index contributed by atoms with van der Waals surface area (Å²) in [5, 5.41) is 0. The van der Waals surface area contributed by atoms with Crippen LogP contribution in [-0.4, -0.2) is 6.10 Å². The van der Waals surface area contributed by atoms with Crippen LogP contribution in [0, 0.1) is 5.92 Å². The lowest BCUT2D eigenvalue weighted by atomic mass is 9.94. The van der Waals surface area contributed by atoms with Crippen LogP contribution in [0.5, 0.6) is 5.75 Å². The molecule has 0 radical (unpaired) electrons. The third kappa shape index (κ3) is 4.26. The van der Waals surface area contributed by atoms with E-state index in [9.17, 15) is 0 Å². The fraction of sp³-hybridized carbons (Fsp3) is 0.500. The van der Waals surface area contributed by atoms with E-state index in [-0.39, 0.29) is 6.10 Å². The lowest BCUT2D eigenvalue weighted by molar-refractivity contribution is 0.242. The molecule has 17 heavy (non-hydrogen) atoms. The van der Waals surface area contributed by atoms with E-state index in [1.807, 2.05) is 13.8 Å². The Balaban J connectivity index is 2.89. The topological polar surface area (TPSA) is 9.23 Å². The highest BCUT2D eigenvalue weighted by molar-refractivity contribution is 5.67. The van der Waals surface area contributed by atoms with Crippen molar-refractivity contribution in [2.24, 2.45) is 5.92 Å². The molecule has 0 heterocycles. The van der Waals surface area contributed by atoms with Crippen LogP contribution < -0.4 is 4.74 Å². The molecule has 0 aliphatic heterocycles. The first-order valence-corrected chi connectivity index (χ1v) is 6.51. The number of ether oxygens (including phenoxy) is 1. The van der Waals surface area contributed by atoms with Crippen LogP contribution in [0.4, 0.5) is 0 Å². The molecule has 0 N–H and O–H groups in total. The smallest absolute Gasteiger partial charge is 0.119 e. The van der Waals surface area contributed by atoms with Gasteiger partial charge in [-0.2, -0.15) is 0 Å². The zero-order valence-electron chi connectivity index (χ0n) is 11.7. The van der Waals surface area contributed by atoms with Gasteiger partial charge in [-0.1, -0.05) is 39.0 Å². The van der Waals surface area contributed by atoms with Gasteiger partial charge < -0.3 is 4.74 Å². The van der Waals surface area contributed by atoms with Gasteiger partial charge in [0.25, 0.3) is 0 Å². The Bertz CT molecular complexity index is 358. The zero-order chi connectivity index (χ0) is 12.8. The first-order valence-electron chi connectivity index (χ1n) is 6.51. The summed E-state index contributed by atoms with van der Waals surface area (Å²) >= 11 is 0. The third-order valence-corrected chi connectivity index (χ3v) is 2.61. The monoisotopic (exact) mass is 232 g/mol. The van der Waals surface area contributed by atoms with Crippen molar-refractivity contribution in [1.29, 1.82) is 0 Å². The van der Waals surface area contributed by atoms with E-state index in [0.717, 1.165) is 12.2 Å². The Hall–Kier alpha value is -1.24. The van der Waals surface area contributed by atoms with Gasteiger partial charge >= 0.3 is 0 Å². The average molecular weight is 232 g/mol. The van der Waals surface area contributed by atoms with Crippen LogP contribution >= 0.6 is 0 Å². The summed E-state index contributed by atoms with van der Waals surface area (Å²) in [5.41, 5.74) is 2.72. The van der Waals surface area contributed by atoms with Crippen molar-refractivity contribution < 1.29 is 4.74 Å². The van der Waals surface area contributed by atoms with Crippen molar-refractivity contribution in [1.82, 2.24) is 0 Å². The van der Waals surface area contributed by atoms with E-state index in [1.54, 1.807) is 0 Å². The molecule has 1 rings (SSSR count). The second-order valence-electron chi connectivity index (χ2n) is 4.91. The normalized spacial score (nSPS) is 12.3. The Morgan fingerprint density at radius 2 is 1.71 bits per heavy atom. The standard InChI is InChI=1S/C16H24O/c1-6-7-16(12(2)3)14-8-10-15(11-9-14)17-13(4)5/h7-13H,6H2,1-5H3. The number of rotatable bonds is 5. The van der Waals surface area contributed by atoms with Crippen LogP contribution in [0.3, 0.4) is 0 Å². The third-order valence-electron chi connectivity index (χ3n) is 2.61. The Kier molecular flexibility index (Phi) is 5.27. The van der Waals surface area contributed by atoms with E-state index >= 15 is 0 Å². The second kappa shape index (κ2) is 6.48. The van der Waals surface area contributed by atoms with Crippen molar-refractivity contribution in [3.8, 4) is 5.75 Å². The summed E-state index contributed by atoms with van der Waals surface area (Å²) in [6, 6.07) is 8.42. The van der Waals surface area contributed by atoms with Crippen LogP contribution in [0.2, 0.25) is 0 Å². The zero-order valence-corrected chi connectivity index (χ0v) is 11.7. The maximum Gasteiger partial charge on any atom is 0.119 e. The molecule has 0 saturated heterocycles. The summed E-state index contributed by atoms with van der Waals surface area (Å²) in [4.78, 5) is 0. The predicted octanol–water partition coefficient (Wildman–Crippen LogP) is 4.92. The van der Waals surface area contributed by atoms with E-state index in [0.29, 0.717) is 5.92 Å². The molecule has 0 bridgehead atoms. The van der Waals surface area contributed by atoms with Gasteiger partial charge in [-0.15, -0.1) is 0 Å². The maximum absolute atomic E-state index is 5.65. The molecular formula is C16H24O. The summed E-state index contributed by atoms with van der Waals surface area (Å²) < 4.78 is 5.65. The average Bonchev–Trinajstić information content (AvgIpc) is 2.26. The Labute approximate surface area is 106 Å². The Morgan fingerprint density at radius 3 is 2.12 bits per heavy atom. The molecule has 0 spiro atoms. The van der Waals surface area contributed by atoms with Gasteiger partial charge in [0.05, 0.1) is 6.10 Å². The van der Waals surface area contributed by atoms with Gasteiger partial charge in [0, 0.05) is 0 Å². The molecule has 0 aliphatic carbocycles. The van der Waals surface area contributed by atoms with Crippen molar-refractivity contribution in [2.75, 3.05) is 0 Å². The van der Waals surface area contributed by atoms with E-state index < -0.39 is 0 Å². The number of allylic oxidation sites excluding steroid dienone is 2. The summed E-state index contributed by atoms with van der Waals surface area (Å²) in [6.45, 7) is 10.7. The minimum atomic E-state index is 0.233. The first kappa shape index (κ1) is 13.8. The first-order chi connectivity index (χ1) is 8.04. The summed E-state index contributed by atoms with van der Waals surface area (Å²) in [5.74, 6) is 1.51. The van der Waals surface area contributed by atoms with Gasteiger partial charge in [-0.05, 0) is 49.5 Å². The molecule has 0 saturated carbocycles. The van der Waals surface area contributed by atoms with Gasteiger partial charge in [0.2, 0.25) is 0 Å². The molecule has 0 atom stereocenters. The van der Waals surface area contributed by atoms with Crippen LogP contribution in [0.25, 0.3) is 5.57 Å². The minimum absolute atomic E-state index is 0.233. The minimum Gasteiger partial charge on any atom is -0.491 e. The SMILES string of the molecule is CCC=C(c1ccc(OC(C)C)cc1)C(C)C. The molecule has 0 aromatic heterocycles. The molecule has 94 valence electrons. The molecule has 1 nitrogen and oxygen atoms in total. The molecule has 0 amide bonds. The summed E-state index contributed by atoms with van der Waals surface area (Å²) in [6.07, 6.45) is 3.62. The van der Waals surface area contributed by atoms with E-state index in [4.69, 9.17) is 4.74 Å². The second-order valence-corrected chi connectivity index (χ2v) is 4.91.